The number of carbonyl (C=O) groups excluding carboxylic acids is 1. The van der Waals surface area contributed by atoms with Gasteiger partial charge in [0.15, 0.2) is 0 Å². The Morgan fingerprint density at radius 1 is 1.17 bits per heavy atom. The molecule has 1 saturated carbocycles. The molecule has 0 spiro atoms. The largest absolute Gasteiger partial charge is 0.481 e. The van der Waals surface area contributed by atoms with Crippen LogP contribution in [0.3, 0.4) is 0 Å². The van der Waals surface area contributed by atoms with Crippen LogP contribution in [-0.4, -0.2) is 28.8 Å². The normalized spacial score (nSPS) is 25.1. The summed E-state index contributed by atoms with van der Waals surface area (Å²) in [5, 5.41) is 11.9. The third kappa shape index (κ3) is 4.94. The van der Waals surface area contributed by atoms with Gasteiger partial charge in [-0.2, -0.15) is 0 Å². The summed E-state index contributed by atoms with van der Waals surface area (Å²) >= 11 is 0. The smallest absolute Gasteiger partial charge is 0.407 e. The van der Waals surface area contributed by atoms with E-state index in [1.165, 1.54) is 0 Å². The summed E-state index contributed by atoms with van der Waals surface area (Å²) < 4.78 is 5.17. The number of carbonyl (C=O) groups is 2. The second kappa shape index (κ2) is 6.07. The third-order valence-electron chi connectivity index (χ3n) is 3.04. The molecule has 0 heterocycles. The van der Waals surface area contributed by atoms with Crippen LogP contribution in [-0.2, 0) is 9.53 Å². The van der Waals surface area contributed by atoms with Crippen LogP contribution in [0.2, 0.25) is 0 Å². The van der Waals surface area contributed by atoms with Crippen LogP contribution in [0.15, 0.2) is 0 Å². The molecule has 1 fully saturated rings. The first-order valence-electron chi connectivity index (χ1n) is 6.52. The number of hydrogen-bond acceptors (Lipinski definition) is 3. The van der Waals surface area contributed by atoms with E-state index >= 15 is 0 Å². The lowest BCUT2D eigenvalue weighted by atomic mass is 9.95. The molecule has 1 aliphatic carbocycles. The zero-order valence-electron chi connectivity index (χ0n) is 11.4. The first-order chi connectivity index (χ1) is 8.29. The van der Waals surface area contributed by atoms with E-state index in [1.54, 1.807) is 20.8 Å². The Hall–Kier alpha value is -1.26. The lowest BCUT2D eigenvalue weighted by Gasteiger charge is -2.25. The Morgan fingerprint density at radius 2 is 1.78 bits per heavy atom. The number of carboxylic acids is 1. The molecule has 0 aromatic rings. The van der Waals surface area contributed by atoms with Crippen LogP contribution < -0.4 is 5.32 Å². The number of amides is 1. The van der Waals surface area contributed by atoms with Gasteiger partial charge in [-0.25, -0.2) is 4.79 Å². The number of aliphatic carboxylic acids is 1. The molecule has 0 bridgehead atoms. The van der Waals surface area contributed by atoms with Crippen molar-refractivity contribution < 1.29 is 19.4 Å². The SMILES string of the molecule is CC(C)(C)OC(=O)NC1CCCCC[C@@H]1C(=O)O. The van der Waals surface area contributed by atoms with Crippen molar-refractivity contribution in [1.29, 1.82) is 0 Å². The maximum absolute atomic E-state index is 11.7. The highest BCUT2D eigenvalue weighted by Gasteiger charge is 2.31. The molecule has 2 atom stereocenters. The van der Waals surface area contributed by atoms with Crippen LogP contribution >= 0.6 is 0 Å². The molecule has 1 unspecified atom stereocenters. The molecule has 18 heavy (non-hydrogen) atoms. The van der Waals surface area contributed by atoms with Crippen molar-refractivity contribution in [3.63, 3.8) is 0 Å². The monoisotopic (exact) mass is 257 g/mol. The van der Waals surface area contributed by atoms with Crippen molar-refractivity contribution in [2.45, 2.75) is 64.5 Å². The zero-order chi connectivity index (χ0) is 13.8. The Kier molecular flexibility index (Phi) is 4.99. The van der Waals surface area contributed by atoms with E-state index in [1.807, 2.05) is 0 Å². The van der Waals surface area contributed by atoms with E-state index in [-0.39, 0.29) is 6.04 Å². The molecular weight excluding hydrogens is 234 g/mol. The lowest BCUT2D eigenvalue weighted by Crippen LogP contribution is -2.44. The van der Waals surface area contributed by atoms with E-state index in [9.17, 15) is 14.7 Å². The molecule has 5 nitrogen and oxygen atoms in total. The van der Waals surface area contributed by atoms with E-state index < -0.39 is 23.6 Å². The summed E-state index contributed by atoms with van der Waals surface area (Å²) in [6.45, 7) is 5.36. The molecule has 0 aromatic heterocycles. The molecule has 5 heteroatoms. The fourth-order valence-electron chi connectivity index (χ4n) is 2.23. The summed E-state index contributed by atoms with van der Waals surface area (Å²) in [5.74, 6) is -1.34. The van der Waals surface area contributed by atoms with E-state index in [4.69, 9.17) is 4.74 Å². The summed E-state index contributed by atoms with van der Waals surface area (Å²) in [7, 11) is 0. The second-order valence-corrected chi connectivity index (χ2v) is 5.84. The lowest BCUT2D eigenvalue weighted by molar-refractivity contribution is -0.142. The summed E-state index contributed by atoms with van der Waals surface area (Å²) in [4.78, 5) is 22.9. The first-order valence-corrected chi connectivity index (χ1v) is 6.52. The number of hydrogen-bond donors (Lipinski definition) is 2. The standard InChI is InChI=1S/C13H23NO4/c1-13(2,3)18-12(17)14-10-8-6-4-5-7-9(10)11(15)16/h9-10H,4-8H2,1-3H3,(H,14,17)(H,15,16)/t9-,10?/m0/s1. The molecular formula is C13H23NO4. The minimum absolute atomic E-state index is 0.320. The van der Waals surface area contributed by atoms with Crippen molar-refractivity contribution in [3.05, 3.63) is 0 Å². The van der Waals surface area contributed by atoms with Crippen molar-refractivity contribution in [2.75, 3.05) is 0 Å². The van der Waals surface area contributed by atoms with Gasteiger partial charge in [-0.05, 0) is 33.6 Å². The van der Waals surface area contributed by atoms with Crippen LogP contribution in [0.25, 0.3) is 0 Å². The molecule has 104 valence electrons. The van der Waals surface area contributed by atoms with Crippen LogP contribution in [0.5, 0.6) is 0 Å². The van der Waals surface area contributed by atoms with Gasteiger partial charge in [0.05, 0.1) is 5.92 Å². The Balaban J connectivity index is 2.60. The molecule has 0 aliphatic heterocycles. The fraction of sp³-hybridized carbons (Fsp3) is 0.846. The minimum atomic E-state index is -0.835. The fourth-order valence-corrected chi connectivity index (χ4v) is 2.23. The second-order valence-electron chi connectivity index (χ2n) is 5.84. The maximum Gasteiger partial charge on any atom is 0.407 e. The highest BCUT2D eigenvalue weighted by atomic mass is 16.6. The zero-order valence-corrected chi connectivity index (χ0v) is 11.4. The average Bonchev–Trinajstić information content (AvgIpc) is 2.39. The quantitative estimate of drug-likeness (QED) is 0.745. The van der Waals surface area contributed by atoms with Crippen LogP contribution in [0.4, 0.5) is 4.79 Å². The minimum Gasteiger partial charge on any atom is -0.481 e. The maximum atomic E-state index is 11.7. The van der Waals surface area contributed by atoms with Crippen LogP contribution in [0.1, 0.15) is 52.9 Å². The van der Waals surface area contributed by atoms with Gasteiger partial charge in [0.1, 0.15) is 5.60 Å². The number of rotatable bonds is 2. The Morgan fingerprint density at radius 3 is 2.33 bits per heavy atom. The van der Waals surface area contributed by atoms with Gasteiger partial charge in [0.2, 0.25) is 0 Å². The number of nitrogens with one attached hydrogen (secondary N) is 1. The van der Waals surface area contributed by atoms with Gasteiger partial charge in [0.25, 0.3) is 0 Å². The van der Waals surface area contributed by atoms with Crippen molar-refractivity contribution in [2.24, 2.45) is 5.92 Å². The predicted molar refractivity (Wildman–Crippen MR) is 67.4 cm³/mol. The highest BCUT2D eigenvalue weighted by Crippen LogP contribution is 2.24. The molecule has 1 aliphatic rings. The van der Waals surface area contributed by atoms with Gasteiger partial charge in [0, 0.05) is 6.04 Å². The molecule has 0 saturated heterocycles. The average molecular weight is 257 g/mol. The van der Waals surface area contributed by atoms with Crippen molar-refractivity contribution in [3.8, 4) is 0 Å². The van der Waals surface area contributed by atoms with E-state index in [2.05, 4.69) is 5.32 Å². The molecule has 0 aromatic carbocycles. The molecule has 0 radical (unpaired) electrons. The highest BCUT2D eigenvalue weighted by molar-refractivity contribution is 5.73. The summed E-state index contributed by atoms with van der Waals surface area (Å²) in [6, 6.07) is -0.320. The van der Waals surface area contributed by atoms with Crippen LogP contribution in [0, 0.1) is 5.92 Å². The number of carboxylic acid groups (broad SMARTS) is 1. The predicted octanol–water partition coefficient (Wildman–Crippen LogP) is 2.54. The number of ether oxygens (including phenoxy) is 1. The summed E-state index contributed by atoms with van der Waals surface area (Å²) in [5.41, 5.74) is -0.562. The van der Waals surface area contributed by atoms with Crippen molar-refractivity contribution in [1.82, 2.24) is 5.32 Å². The van der Waals surface area contributed by atoms with Gasteiger partial charge >= 0.3 is 12.1 Å². The number of alkyl carbamates (subject to hydrolysis) is 1. The summed E-state index contributed by atoms with van der Waals surface area (Å²) in [6.07, 6.45) is 3.68. The topological polar surface area (TPSA) is 75.6 Å². The van der Waals surface area contributed by atoms with E-state index in [0.29, 0.717) is 12.8 Å². The van der Waals surface area contributed by atoms with E-state index in [0.717, 1.165) is 19.3 Å². The molecule has 1 rings (SSSR count). The first kappa shape index (κ1) is 14.8. The Labute approximate surface area is 108 Å². The van der Waals surface area contributed by atoms with Gasteiger partial charge in [-0.3, -0.25) is 4.79 Å². The van der Waals surface area contributed by atoms with Gasteiger partial charge in [-0.15, -0.1) is 0 Å². The van der Waals surface area contributed by atoms with Gasteiger partial charge in [-0.1, -0.05) is 19.3 Å². The molecule has 2 N–H and O–H groups in total. The third-order valence-corrected chi connectivity index (χ3v) is 3.04. The van der Waals surface area contributed by atoms with Gasteiger partial charge < -0.3 is 15.2 Å². The molecule has 1 amide bonds. The van der Waals surface area contributed by atoms with Crippen molar-refractivity contribution >= 4 is 12.1 Å². The Bertz CT molecular complexity index is 309.